The molecule has 1 N–H and O–H groups in total. The molecule has 1 aliphatic heterocycles. The summed E-state index contributed by atoms with van der Waals surface area (Å²) in [6.07, 6.45) is -3.29. The van der Waals surface area contributed by atoms with E-state index in [9.17, 15) is 18.0 Å². The zero-order chi connectivity index (χ0) is 12.5. The Morgan fingerprint density at radius 3 is 2.65 bits per heavy atom. The van der Waals surface area contributed by atoms with E-state index in [0.717, 1.165) is 12.3 Å². The smallest absolute Gasteiger partial charge is 0.359 e. The van der Waals surface area contributed by atoms with E-state index < -0.39 is 11.9 Å². The molecule has 0 spiro atoms. The van der Waals surface area contributed by atoms with Gasteiger partial charge in [-0.1, -0.05) is 0 Å². The molecule has 0 aromatic carbocycles. The largest absolute Gasteiger partial charge is 0.433 e. The minimum atomic E-state index is -4.43. The van der Waals surface area contributed by atoms with Gasteiger partial charge in [0.05, 0.1) is 18.4 Å². The van der Waals surface area contributed by atoms with Gasteiger partial charge in [-0.2, -0.15) is 13.2 Å². The van der Waals surface area contributed by atoms with Crippen molar-refractivity contribution in [3.8, 4) is 0 Å². The number of nitrogens with zero attached hydrogens (tertiary/aromatic N) is 2. The standard InChI is InChI=1S/C10H10F3N3O/c11-10(12,13)8-2-1-7(5-15-8)16-4-3-14-9(17)6-16/h1-2,5H,3-4,6H2,(H,14,17). The zero-order valence-corrected chi connectivity index (χ0v) is 8.79. The predicted molar refractivity (Wildman–Crippen MR) is 54.5 cm³/mol. The Labute approximate surface area is 95.4 Å². The van der Waals surface area contributed by atoms with Crippen molar-refractivity contribution in [2.45, 2.75) is 6.18 Å². The fourth-order valence-electron chi connectivity index (χ4n) is 1.60. The molecule has 2 rings (SSSR count). The van der Waals surface area contributed by atoms with Crippen molar-refractivity contribution in [1.29, 1.82) is 0 Å². The number of halogens is 3. The van der Waals surface area contributed by atoms with Crippen LogP contribution >= 0.6 is 0 Å². The molecule has 1 aliphatic rings. The van der Waals surface area contributed by atoms with Crippen molar-refractivity contribution < 1.29 is 18.0 Å². The number of nitrogens with one attached hydrogen (secondary N) is 1. The lowest BCUT2D eigenvalue weighted by Gasteiger charge is -2.28. The topological polar surface area (TPSA) is 45.2 Å². The molecule has 7 heteroatoms. The third-order valence-electron chi connectivity index (χ3n) is 2.44. The van der Waals surface area contributed by atoms with Gasteiger partial charge < -0.3 is 10.2 Å². The van der Waals surface area contributed by atoms with Crippen LogP contribution in [-0.4, -0.2) is 30.5 Å². The number of carbonyl (C=O) groups is 1. The van der Waals surface area contributed by atoms with Gasteiger partial charge in [0.1, 0.15) is 5.69 Å². The summed E-state index contributed by atoms with van der Waals surface area (Å²) < 4.78 is 36.9. The highest BCUT2D eigenvalue weighted by molar-refractivity contribution is 5.82. The monoisotopic (exact) mass is 245 g/mol. The minimum Gasteiger partial charge on any atom is -0.359 e. The summed E-state index contributed by atoms with van der Waals surface area (Å²) in [5, 5.41) is 2.64. The quantitative estimate of drug-likeness (QED) is 0.804. The number of piperazine rings is 1. The van der Waals surface area contributed by atoms with Crippen LogP contribution in [0.25, 0.3) is 0 Å². The molecular formula is C10H10F3N3O. The molecule has 1 fully saturated rings. The average molecular weight is 245 g/mol. The minimum absolute atomic E-state index is 0.142. The maximum absolute atomic E-state index is 12.3. The Morgan fingerprint density at radius 2 is 2.12 bits per heavy atom. The first-order valence-electron chi connectivity index (χ1n) is 5.02. The highest BCUT2D eigenvalue weighted by Crippen LogP contribution is 2.28. The van der Waals surface area contributed by atoms with Gasteiger partial charge in [-0.25, -0.2) is 4.98 Å². The number of anilines is 1. The maximum atomic E-state index is 12.3. The SMILES string of the molecule is O=C1CN(c2ccc(C(F)(F)F)nc2)CCN1. The normalized spacial score (nSPS) is 16.9. The molecule has 0 atom stereocenters. The first kappa shape index (κ1) is 11.7. The third-order valence-corrected chi connectivity index (χ3v) is 2.44. The molecule has 0 bridgehead atoms. The van der Waals surface area contributed by atoms with Crippen molar-refractivity contribution in [3.63, 3.8) is 0 Å². The Kier molecular flexibility index (Phi) is 2.91. The van der Waals surface area contributed by atoms with E-state index in [1.807, 2.05) is 0 Å². The summed E-state index contributed by atoms with van der Waals surface area (Å²) >= 11 is 0. The molecular weight excluding hydrogens is 235 g/mol. The van der Waals surface area contributed by atoms with E-state index in [-0.39, 0.29) is 12.5 Å². The van der Waals surface area contributed by atoms with Crippen molar-refractivity contribution >= 4 is 11.6 Å². The second kappa shape index (κ2) is 4.23. The molecule has 2 heterocycles. The summed E-state index contributed by atoms with van der Waals surface area (Å²) in [5.74, 6) is -0.142. The first-order valence-corrected chi connectivity index (χ1v) is 5.02. The van der Waals surface area contributed by atoms with Crippen LogP contribution in [0.1, 0.15) is 5.69 Å². The molecule has 0 unspecified atom stereocenters. The van der Waals surface area contributed by atoms with Crippen molar-refractivity contribution in [2.75, 3.05) is 24.5 Å². The van der Waals surface area contributed by atoms with E-state index >= 15 is 0 Å². The van der Waals surface area contributed by atoms with Gasteiger partial charge in [-0.05, 0) is 12.1 Å². The molecule has 0 saturated carbocycles. The number of alkyl halides is 3. The summed E-state index contributed by atoms with van der Waals surface area (Å²) in [4.78, 5) is 16.2. The molecule has 0 aliphatic carbocycles. The lowest BCUT2D eigenvalue weighted by molar-refractivity contribution is -0.141. The fraction of sp³-hybridized carbons (Fsp3) is 0.400. The lowest BCUT2D eigenvalue weighted by atomic mass is 10.2. The van der Waals surface area contributed by atoms with E-state index in [1.54, 1.807) is 4.90 Å². The summed E-state index contributed by atoms with van der Waals surface area (Å²) in [6.45, 7) is 1.20. The number of hydrogen-bond donors (Lipinski definition) is 1. The van der Waals surface area contributed by atoms with Crippen LogP contribution in [-0.2, 0) is 11.0 Å². The van der Waals surface area contributed by atoms with Crippen LogP contribution in [0.4, 0.5) is 18.9 Å². The molecule has 1 aromatic heterocycles. The van der Waals surface area contributed by atoms with Gasteiger partial charge in [-0.3, -0.25) is 4.79 Å². The van der Waals surface area contributed by atoms with Crippen molar-refractivity contribution in [1.82, 2.24) is 10.3 Å². The Balaban J connectivity index is 2.15. The third kappa shape index (κ3) is 2.66. The van der Waals surface area contributed by atoms with Gasteiger partial charge in [0, 0.05) is 13.1 Å². The molecule has 17 heavy (non-hydrogen) atoms. The van der Waals surface area contributed by atoms with Crippen molar-refractivity contribution in [2.24, 2.45) is 0 Å². The Hall–Kier alpha value is -1.79. The Bertz CT molecular complexity index is 416. The van der Waals surface area contributed by atoms with E-state index in [1.165, 1.54) is 6.07 Å². The predicted octanol–water partition coefficient (Wildman–Crippen LogP) is 1.04. The highest BCUT2D eigenvalue weighted by Gasteiger charge is 2.32. The number of rotatable bonds is 1. The number of carbonyl (C=O) groups excluding carboxylic acids is 1. The van der Waals surface area contributed by atoms with Crippen molar-refractivity contribution in [3.05, 3.63) is 24.0 Å². The van der Waals surface area contributed by atoms with Crippen LogP contribution in [0.3, 0.4) is 0 Å². The van der Waals surface area contributed by atoms with Crippen LogP contribution in [0.2, 0.25) is 0 Å². The van der Waals surface area contributed by atoms with Gasteiger partial charge in [0.2, 0.25) is 5.91 Å². The maximum Gasteiger partial charge on any atom is 0.433 e. The van der Waals surface area contributed by atoms with Crippen LogP contribution in [0.5, 0.6) is 0 Å². The molecule has 1 amide bonds. The second-order valence-electron chi connectivity index (χ2n) is 3.67. The zero-order valence-electron chi connectivity index (χ0n) is 8.79. The Morgan fingerprint density at radius 1 is 1.35 bits per heavy atom. The van der Waals surface area contributed by atoms with Crippen LogP contribution in [0, 0.1) is 0 Å². The molecule has 1 saturated heterocycles. The summed E-state index contributed by atoms with van der Waals surface area (Å²) in [5.41, 5.74) is -0.407. The van der Waals surface area contributed by atoms with Gasteiger partial charge >= 0.3 is 6.18 Å². The van der Waals surface area contributed by atoms with Gasteiger partial charge in [0.25, 0.3) is 0 Å². The van der Waals surface area contributed by atoms with Gasteiger partial charge in [-0.15, -0.1) is 0 Å². The summed E-state index contributed by atoms with van der Waals surface area (Å²) in [6, 6.07) is 2.25. The van der Waals surface area contributed by atoms with E-state index in [4.69, 9.17) is 0 Å². The van der Waals surface area contributed by atoms with E-state index in [0.29, 0.717) is 18.8 Å². The molecule has 0 radical (unpaired) electrons. The number of pyridine rings is 1. The van der Waals surface area contributed by atoms with Crippen LogP contribution < -0.4 is 10.2 Å². The highest BCUT2D eigenvalue weighted by atomic mass is 19.4. The molecule has 92 valence electrons. The molecule has 1 aromatic rings. The fourth-order valence-corrected chi connectivity index (χ4v) is 1.60. The average Bonchev–Trinajstić information content (AvgIpc) is 2.28. The lowest BCUT2D eigenvalue weighted by Crippen LogP contribution is -2.47. The van der Waals surface area contributed by atoms with Crippen LogP contribution in [0.15, 0.2) is 18.3 Å². The first-order chi connectivity index (χ1) is 7.97. The van der Waals surface area contributed by atoms with E-state index in [2.05, 4.69) is 10.3 Å². The van der Waals surface area contributed by atoms with Gasteiger partial charge in [0.15, 0.2) is 0 Å². The number of aromatic nitrogens is 1. The second-order valence-corrected chi connectivity index (χ2v) is 3.67. The molecule has 4 nitrogen and oxygen atoms in total. The summed E-state index contributed by atoms with van der Waals surface area (Å²) in [7, 11) is 0. The number of amides is 1. The number of hydrogen-bond acceptors (Lipinski definition) is 3.